The topological polar surface area (TPSA) is 36.4 Å². The van der Waals surface area contributed by atoms with Crippen LogP contribution in [0, 0.1) is 5.82 Å². The van der Waals surface area contributed by atoms with Gasteiger partial charge in [0.05, 0.1) is 22.9 Å². The number of benzene rings is 1. The molecule has 21 heavy (non-hydrogen) atoms. The minimum absolute atomic E-state index is 0.0217. The van der Waals surface area contributed by atoms with Crippen LogP contribution in [0.2, 0.25) is 0 Å². The number of hydrogen-bond donors (Lipinski definition) is 1. The van der Waals surface area contributed by atoms with Gasteiger partial charge in [-0.25, -0.2) is 9.37 Å². The summed E-state index contributed by atoms with van der Waals surface area (Å²) in [6.07, 6.45) is 0.960. The van der Waals surface area contributed by atoms with Gasteiger partial charge in [0.2, 0.25) is 0 Å². The molecule has 114 valence electrons. The first-order valence-electron chi connectivity index (χ1n) is 7.24. The molecule has 2 rings (SSSR count). The second-order valence-corrected chi connectivity index (χ2v) is 6.03. The van der Waals surface area contributed by atoms with Gasteiger partial charge in [-0.15, -0.1) is 0 Å². The lowest BCUT2D eigenvalue weighted by Crippen LogP contribution is -2.17. The lowest BCUT2D eigenvalue weighted by atomic mass is 10.0. The van der Waals surface area contributed by atoms with Crippen molar-refractivity contribution in [3.05, 3.63) is 40.7 Å². The molecule has 1 heterocycles. The highest BCUT2D eigenvalue weighted by atomic mass is 32.1. The van der Waals surface area contributed by atoms with Crippen molar-refractivity contribution in [3.63, 3.8) is 0 Å². The van der Waals surface area contributed by atoms with Gasteiger partial charge in [0.15, 0.2) is 5.13 Å². The maximum Gasteiger partial charge on any atom is 0.190 e. The van der Waals surface area contributed by atoms with Crippen LogP contribution in [0.1, 0.15) is 43.7 Å². The molecule has 0 aliphatic rings. The van der Waals surface area contributed by atoms with E-state index < -0.39 is 0 Å². The Labute approximate surface area is 129 Å². The molecule has 5 heteroatoms. The first kappa shape index (κ1) is 15.9. The highest BCUT2D eigenvalue weighted by Crippen LogP contribution is 2.36. The van der Waals surface area contributed by atoms with Crippen molar-refractivity contribution < 1.29 is 9.50 Å². The summed E-state index contributed by atoms with van der Waals surface area (Å²) >= 11 is 1.44. The van der Waals surface area contributed by atoms with E-state index in [-0.39, 0.29) is 18.3 Å². The molecular formula is C16H21FN2OS. The zero-order chi connectivity index (χ0) is 15.4. The Morgan fingerprint density at radius 3 is 2.62 bits per heavy atom. The molecule has 1 aromatic heterocycles. The molecule has 1 unspecified atom stereocenters. The van der Waals surface area contributed by atoms with Crippen LogP contribution in [0.3, 0.4) is 0 Å². The van der Waals surface area contributed by atoms with Gasteiger partial charge in [-0.1, -0.05) is 37.3 Å². The van der Waals surface area contributed by atoms with E-state index >= 15 is 0 Å². The zero-order valence-corrected chi connectivity index (χ0v) is 13.5. The number of aromatic nitrogens is 1. The zero-order valence-electron chi connectivity index (χ0n) is 12.6. The third kappa shape index (κ3) is 3.24. The molecule has 0 spiro atoms. The number of para-hydroxylation sites is 1. The van der Waals surface area contributed by atoms with Crippen molar-refractivity contribution in [2.24, 2.45) is 0 Å². The number of hydrogen-bond acceptors (Lipinski definition) is 4. The Hall–Kier alpha value is -1.46. The Bertz CT molecular complexity index is 600. The second-order valence-electron chi connectivity index (χ2n) is 4.97. The molecule has 0 radical (unpaired) electrons. The third-order valence-electron chi connectivity index (χ3n) is 3.63. The van der Waals surface area contributed by atoms with Crippen molar-refractivity contribution in [1.29, 1.82) is 0 Å². The van der Waals surface area contributed by atoms with Gasteiger partial charge < -0.3 is 10.0 Å². The van der Waals surface area contributed by atoms with E-state index in [2.05, 4.69) is 18.8 Å². The largest absolute Gasteiger partial charge is 0.391 e. The molecule has 1 aromatic carbocycles. The molecular weight excluding hydrogens is 287 g/mol. The molecule has 0 aliphatic heterocycles. The summed E-state index contributed by atoms with van der Waals surface area (Å²) < 4.78 is 14.0. The van der Waals surface area contributed by atoms with Crippen LogP contribution in [0.4, 0.5) is 15.2 Å². The average molecular weight is 308 g/mol. The number of nitrogens with zero attached hydrogens (tertiary/aromatic N) is 2. The molecule has 0 bridgehead atoms. The number of anilines is 2. The number of halogens is 1. The lowest BCUT2D eigenvalue weighted by molar-refractivity contribution is 0.283. The lowest BCUT2D eigenvalue weighted by Gasteiger charge is -2.20. The Morgan fingerprint density at radius 2 is 2.05 bits per heavy atom. The Kier molecular flexibility index (Phi) is 5.31. The highest BCUT2D eigenvalue weighted by Gasteiger charge is 2.20. The molecule has 1 N–H and O–H groups in total. The van der Waals surface area contributed by atoms with Gasteiger partial charge in [-0.3, -0.25) is 0 Å². The molecule has 1 atom stereocenters. The number of rotatable bonds is 6. The van der Waals surface area contributed by atoms with Crippen molar-refractivity contribution in [3.8, 4) is 0 Å². The van der Waals surface area contributed by atoms with E-state index in [0.717, 1.165) is 22.1 Å². The SMILES string of the molecule is CCC(C)c1nc(N(CC)c2ccccc2F)sc1CO. The van der Waals surface area contributed by atoms with Crippen molar-refractivity contribution in [2.45, 2.75) is 39.7 Å². The predicted octanol–water partition coefficient (Wildman–Crippen LogP) is 4.45. The Balaban J connectivity index is 2.44. The van der Waals surface area contributed by atoms with Gasteiger partial charge >= 0.3 is 0 Å². The van der Waals surface area contributed by atoms with Crippen LogP contribution < -0.4 is 4.90 Å². The van der Waals surface area contributed by atoms with E-state index in [1.165, 1.54) is 17.4 Å². The second kappa shape index (κ2) is 7.00. The summed E-state index contributed by atoms with van der Waals surface area (Å²) in [5.41, 5.74) is 1.45. The molecule has 0 amide bonds. The van der Waals surface area contributed by atoms with Crippen molar-refractivity contribution in [2.75, 3.05) is 11.4 Å². The number of aliphatic hydroxyl groups excluding tert-OH is 1. The number of thiazole rings is 1. The maximum absolute atomic E-state index is 14.0. The minimum Gasteiger partial charge on any atom is -0.391 e. The fourth-order valence-electron chi connectivity index (χ4n) is 2.24. The van der Waals surface area contributed by atoms with Crippen molar-refractivity contribution >= 4 is 22.2 Å². The van der Waals surface area contributed by atoms with E-state index in [1.807, 2.05) is 17.9 Å². The molecule has 0 saturated carbocycles. The van der Waals surface area contributed by atoms with Crippen LogP contribution in [0.25, 0.3) is 0 Å². The molecule has 0 saturated heterocycles. The van der Waals surface area contributed by atoms with E-state index in [0.29, 0.717) is 12.2 Å². The Morgan fingerprint density at radius 1 is 1.33 bits per heavy atom. The summed E-state index contributed by atoms with van der Waals surface area (Å²) in [6.45, 7) is 6.76. The monoisotopic (exact) mass is 308 g/mol. The fraction of sp³-hybridized carbons (Fsp3) is 0.438. The van der Waals surface area contributed by atoms with Crippen LogP contribution in [-0.4, -0.2) is 16.6 Å². The quantitative estimate of drug-likeness (QED) is 0.856. The van der Waals surface area contributed by atoms with E-state index in [4.69, 9.17) is 0 Å². The smallest absolute Gasteiger partial charge is 0.190 e. The molecule has 0 fully saturated rings. The van der Waals surface area contributed by atoms with Crippen LogP contribution in [0.15, 0.2) is 24.3 Å². The van der Waals surface area contributed by atoms with Crippen LogP contribution in [0.5, 0.6) is 0 Å². The van der Waals surface area contributed by atoms with Gasteiger partial charge in [-0.2, -0.15) is 0 Å². The molecule has 2 aromatic rings. The standard InChI is InChI=1S/C16H21FN2OS/c1-4-11(3)15-14(10-20)21-16(18-15)19(5-2)13-9-7-6-8-12(13)17/h6-9,11,20H,4-5,10H2,1-3H3. The third-order valence-corrected chi connectivity index (χ3v) is 4.71. The first-order chi connectivity index (χ1) is 10.1. The van der Waals surface area contributed by atoms with Gasteiger partial charge in [0.1, 0.15) is 5.82 Å². The summed E-state index contributed by atoms with van der Waals surface area (Å²) in [5.74, 6) is 0.0293. The average Bonchev–Trinajstić information content (AvgIpc) is 2.93. The summed E-state index contributed by atoms with van der Waals surface area (Å²) in [6, 6.07) is 6.70. The summed E-state index contributed by atoms with van der Waals surface area (Å²) in [7, 11) is 0. The van der Waals surface area contributed by atoms with Crippen molar-refractivity contribution in [1.82, 2.24) is 4.98 Å². The summed E-state index contributed by atoms with van der Waals surface area (Å²) in [5, 5.41) is 10.3. The molecule has 3 nitrogen and oxygen atoms in total. The minimum atomic E-state index is -0.259. The van der Waals surface area contributed by atoms with Crippen LogP contribution >= 0.6 is 11.3 Å². The van der Waals surface area contributed by atoms with Gasteiger partial charge in [0, 0.05) is 6.54 Å². The predicted molar refractivity (Wildman–Crippen MR) is 85.8 cm³/mol. The van der Waals surface area contributed by atoms with E-state index in [9.17, 15) is 9.50 Å². The van der Waals surface area contributed by atoms with Gasteiger partial charge in [0.25, 0.3) is 0 Å². The van der Waals surface area contributed by atoms with Crippen LogP contribution in [-0.2, 0) is 6.61 Å². The fourth-order valence-corrected chi connectivity index (χ4v) is 3.36. The van der Waals surface area contributed by atoms with E-state index in [1.54, 1.807) is 12.1 Å². The highest BCUT2D eigenvalue weighted by molar-refractivity contribution is 7.15. The normalized spacial score (nSPS) is 12.4. The number of aliphatic hydroxyl groups is 1. The van der Waals surface area contributed by atoms with Gasteiger partial charge in [-0.05, 0) is 31.4 Å². The maximum atomic E-state index is 14.0. The summed E-state index contributed by atoms with van der Waals surface area (Å²) in [4.78, 5) is 7.38. The molecule has 0 aliphatic carbocycles. The first-order valence-corrected chi connectivity index (χ1v) is 8.06.